The molecule has 70 valence electrons. The molecule has 0 aromatic carbocycles. The number of carboxylic acids is 1. The Morgan fingerprint density at radius 2 is 2.46 bits per heavy atom. The van der Waals surface area contributed by atoms with Gasteiger partial charge >= 0.3 is 5.97 Å². The maximum atomic E-state index is 10.8. The van der Waals surface area contributed by atoms with Crippen LogP contribution in [0.1, 0.15) is 22.8 Å². The van der Waals surface area contributed by atoms with Gasteiger partial charge in [-0.05, 0) is 18.1 Å². The van der Waals surface area contributed by atoms with Crippen molar-refractivity contribution in [2.24, 2.45) is 5.84 Å². The third-order valence-electron chi connectivity index (χ3n) is 1.77. The molecule has 0 saturated heterocycles. The lowest BCUT2D eigenvalue weighted by molar-refractivity contribution is 0.0696. The van der Waals surface area contributed by atoms with Crippen molar-refractivity contribution in [3.8, 4) is 0 Å². The first-order valence-corrected chi connectivity index (χ1v) is 3.88. The average Bonchev–Trinajstić information content (AvgIpc) is 2.16. The fraction of sp³-hybridized carbons (Fsp3) is 0.250. The molecule has 1 aromatic rings. The van der Waals surface area contributed by atoms with Crippen molar-refractivity contribution < 1.29 is 9.90 Å². The van der Waals surface area contributed by atoms with E-state index in [1.807, 2.05) is 6.92 Å². The molecule has 0 aliphatic rings. The van der Waals surface area contributed by atoms with Gasteiger partial charge in [0.15, 0.2) is 5.82 Å². The van der Waals surface area contributed by atoms with Crippen molar-refractivity contribution in [3.05, 3.63) is 23.4 Å². The number of nitrogens with zero attached hydrogens (tertiary/aromatic N) is 1. The Bertz CT molecular complexity index is 303. The first-order valence-electron chi connectivity index (χ1n) is 3.88. The van der Waals surface area contributed by atoms with E-state index in [1.54, 1.807) is 6.07 Å². The van der Waals surface area contributed by atoms with Crippen molar-refractivity contribution in [1.82, 2.24) is 4.98 Å². The molecule has 13 heavy (non-hydrogen) atoms. The van der Waals surface area contributed by atoms with E-state index in [9.17, 15) is 4.79 Å². The predicted molar refractivity (Wildman–Crippen MR) is 48.4 cm³/mol. The number of nitrogens with two attached hydrogens (primary N) is 1. The minimum Gasteiger partial charge on any atom is -0.478 e. The summed E-state index contributed by atoms with van der Waals surface area (Å²) in [5.41, 5.74) is 3.12. The fourth-order valence-corrected chi connectivity index (χ4v) is 1.14. The van der Waals surface area contributed by atoms with Gasteiger partial charge in [-0.25, -0.2) is 15.6 Å². The standard InChI is InChI=1S/C8H11N3O2/c1-2-5-3-4-10-7(11-9)6(5)8(12)13/h3-4H,2,9H2,1H3,(H,10,11)(H,12,13). The number of aryl methyl sites for hydroxylation is 1. The van der Waals surface area contributed by atoms with E-state index in [0.717, 1.165) is 5.56 Å². The number of aromatic carboxylic acids is 1. The van der Waals surface area contributed by atoms with Crippen LogP contribution in [0.3, 0.4) is 0 Å². The Labute approximate surface area is 75.6 Å². The summed E-state index contributed by atoms with van der Waals surface area (Å²) in [6.07, 6.45) is 2.17. The molecule has 0 radical (unpaired) electrons. The summed E-state index contributed by atoms with van der Waals surface area (Å²) in [6.45, 7) is 1.88. The molecule has 0 amide bonds. The van der Waals surface area contributed by atoms with Crippen LogP contribution in [0.4, 0.5) is 5.82 Å². The third kappa shape index (κ3) is 1.75. The Morgan fingerprint density at radius 1 is 1.77 bits per heavy atom. The second-order valence-electron chi connectivity index (χ2n) is 2.50. The van der Waals surface area contributed by atoms with Crippen molar-refractivity contribution in [2.75, 3.05) is 5.43 Å². The number of anilines is 1. The third-order valence-corrected chi connectivity index (χ3v) is 1.77. The minimum atomic E-state index is -1.02. The molecule has 0 saturated carbocycles. The summed E-state index contributed by atoms with van der Waals surface area (Å²) in [4.78, 5) is 14.6. The zero-order chi connectivity index (χ0) is 9.84. The van der Waals surface area contributed by atoms with Gasteiger partial charge in [0.05, 0.1) is 0 Å². The van der Waals surface area contributed by atoms with E-state index in [-0.39, 0.29) is 11.4 Å². The van der Waals surface area contributed by atoms with Crippen LogP contribution >= 0.6 is 0 Å². The van der Waals surface area contributed by atoms with Gasteiger partial charge in [0, 0.05) is 6.20 Å². The zero-order valence-electron chi connectivity index (χ0n) is 7.24. The predicted octanol–water partition coefficient (Wildman–Crippen LogP) is 0.628. The van der Waals surface area contributed by atoms with Crippen molar-refractivity contribution in [1.29, 1.82) is 0 Å². The number of carboxylic acid groups (broad SMARTS) is 1. The molecule has 0 atom stereocenters. The Balaban J connectivity index is 3.29. The summed E-state index contributed by atoms with van der Waals surface area (Å²) >= 11 is 0. The Kier molecular flexibility index (Phi) is 2.81. The number of pyridine rings is 1. The van der Waals surface area contributed by atoms with Gasteiger partial charge in [-0.1, -0.05) is 6.92 Å². The van der Waals surface area contributed by atoms with E-state index in [0.29, 0.717) is 6.42 Å². The highest BCUT2D eigenvalue weighted by Crippen LogP contribution is 2.16. The van der Waals surface area contributed by atoms with Crippen molar-refractivity contribution in [2.45, 2.75) is 13.3 Å². The molecular weight excluding hydrogens is 170 g/mol. The van der Waals surface area contributed by atoms with Crippen LogP contribution in [0.15, 0.2) is 12.3 Å². The van der Waals surface area contributed by atoms with Crippen LogP contribution in [0.25, 0.3) is 0 Å². The highest BCUT2D eigenvalue weighted by Gasteiger charge is 2.14. The lowest BCUT2D eigenvalue weighted by Gasteiger charge is -2.07. The number of hydrogen-bond acceptors (Lipinski definition) is 4. The molecule has 0 fully saturated rings. The van der Waals surface area contributed by atoms with Gasteiger partial charge in [0.25, 0.3) is 0 Å². The monoisotopic (exact) mass is 181 g/mol. The van der Waals surface area contributed by atoms with E-state index < -0.39 is 5.97 Å². The van der Waals surface area contributed by atoms with Gasteiger partial charge in [-0.15, -0.1) is 0 Å². The first-order chi connectivity index (χ1) is 6.20. The van der Waals surface area contributed by atoms with E-state index in [2.05, 4.69) is 10.4 Å². The number of carbonyl (C=O) groups is 1. The smallest absolute Gasteiger partial charge is 0.339 e. The normalized spacial score (nSPS) is 9.69. The van der Waals surface area contributed by atoms with Gasteiger partial charge in [-0.2, -0.15) is 0 Å². The second-order valence-corrected chi connectivity index (χ2v) is 2.50. The van der Waals surface area contributed by atoms with E-state index >= 15 is 0 Å². The second kappa shape index (κ2) is 3.86. The number of nitrogens with one attached hydrogen (secondary N) is 1. The molecule has 1 rings (SSSR count). The van der Waals surface area contributed by atoms with Crippen molar-refractivity contribution >= 4 is 11.8 Å². The minimum absolute atomic E-state index is 0.146. The average molecular weight is 181 g/mol. The van der Waals surface area contributed by atoms with Crippen LogP contribution in [0.2, 0.25) is 0 Å². The van der Waals surface area contributed by atoms with Gasteiger partial charge < -0.3 is 10.5 Å². The summed E-state index contributed by atoms with van der Waals surface area (Å²) in [5, 5.41) is 8.87. The quantitative estimate of drug-likeness (QED) is 0.470. The topological polar surface area (TPSA) is 88.2 Å². The summed E-state index contributed by atoms with van der Waals surface area (Å²) < 4.78 is 0. The molecule has 1 aromatic heterocycles. The largest absolute Gasteiger partial charge is 0.478 e. The molecule has 0 unspecified atom stereocenters. The molecule has 0 spiro atoms. The molecule has 0 bridgehead atoms. The fourth-order valence-electron chi connectivity index (χ4n) is 1.14. The zero-order valence-corrected chi connectivity index (χ0v) is 7.24. The van der Waals surface area contributed by atoms with Gasteiger partial charge in [0.1, 0.15) is 5.56 Å². The number of rotatable bonds is 3. The van der Waals surface area contributed by atoms with Crippen LogP contribution in [0.5, 0.6) is 0 Å². The van der Waals surface area contributed by atoms with Crippen LogP contribution in [-0.2, 0) is 6.42 Å². The molecular formula is C8H11N3O2. The van der Waals surface area contributed by atoms with Crippen LogP contribution in [-0.4, -0.2) is 16.1 Å². The Hall–Kier alpha value is -1.62. The summed E-state index contributed by atoms with van der Waals surface area (Å²) in [7, 11) is 0. The maximum absolute atomic E-state index is 10.8. The summed E-state index contributed by atoms with van der Waals surface area (Å²) in [5.74, 6) is 4.32. The maximum Gasteiger partial charge on any atom is 0.339 e. The number of hydrazine groups is 1. The number of nitrogen functional groups attached to an aromatic ring is 1. The Morgan fingerprint density at radius 3 is 2.92 bits per heavy atom. The SMILES string of the molecule is CCc1ccnc(NN)c1C(=O)O. The van der Waals surface area contributed by atoms with E-state index in [1.165, 1.54) is 6.20 Å². The lowest BCUT2D eigenvalue weighted by Crippen LogP contribution is -2.15. The first kappa shape index (κ1) is 9.47. The molecule has 5 nitrogen and oxygen atoms in total. The van der Waals surface area contributed by atoms with Gasteiger partial charge in [-0.3, -0.25) is 0 Å². The van der Waals surface area contributed by atoms with E-state index in [4.69, 9.17) is 10.9 Å². The molecule has 0 aliphatic heterocycles. The molecule has 4 N–H and O–H groups in total. The number of hydrogen-bond donors (Lipinski definition) is 3. The van der Waals surface area contributed by atoms with Crippen molar-refractivity contribution in [3.63, 3.8) is 0 Å². The van der Waals surface area contributed by atoms with Crippen LogP contribution < -0.4 is 11.3 Å². The molecule has 0 aliphatic carbocycles. The van der Waals surface area contributed by atoms with Gasteiger partial charge in [0.2, 0.25) is 0 Å². The highest BCUT2D eigenvalue weighted by atomic mass is 16.4. The summed E-state index contributed by atoms with van der Waals surface area (Å²) in [6, 6.07) is 1.67. The molecule has 1 heterocycles. The lowest BCUT2D eigenvalue weighted by atomic mass is 10.1. The highest BCUT2D eigenvalue weighted by molar-refractivity contribution is 5.94. The number of aromatic nitrogens is 1. The van der Waals surface area contributed by atoms with Crippen LogP contribution in [0, 0.1) is 0 Å². The molecule has 5 heteroatoms.